The molecule has 1 saturated heterocycles. The van der Waals surface area contributed by atoms with Crippen molar-refractivity contribution in [3.05, 3.63) is 87.9 Å². The van der Waals surface area contributed by atoms with Gasteiger partial charge in [0.2, 0.25) is 5.91 Å². The standard InChI is InChI=1S/C32H39FN4O3S/c1-3-8-25-11-7-18-37(25)32(40)29-17-16-28(41-29)31(39)36-27(20-22-9-5-4-6-10-22)26(34)19-21(2)30(38)35-24-14-12-23(33)13-15-24/h4-6,9-10,12-17,21,25-27H,3,7-8,11,18-20,34H2,1-2H3,(H,35,38)(H,36,39)/t21-,25+,26+,27+/m1/s1. The van der Waals surface area contributed by atoms with Gasteiger partial charge in [-0.2, -0.15) is 0 Å². The number of nitrogens with two attached hydrogens (primary N) is 1. The lowest BCUT2D eigenvalue weighted by Gasteiger charge is -2.27. The van der Waals surface area contributed by atoms with E-state index >= 15 is 0 Å². The molecule has 1 aliphatic rings. The molecule has 2 heterocycles. The second kappa shape index (κ2) is 14.4. The highest BCUT2D eigenvalue weighted by molar-refractivity contribution is 7.15. The molecular formula is C32H39FN4O3S. The molecule has 1 fully saturated rings. The maximum absolute atomic E-state index is 13.4. The van der Waals surface area contributed by atoms with Crippen LogP contribution in [-0.2, 0) is 11.2 Å². The zero-order valence-corrected chi connectivity index (χ0v) is 24.5. The lowest BCUT2D eigenvalue weighted by atomic mass is 9.92. The maximum Gasteiger partial charge on any atom is 0.264 e. The highest BCUT2D eigenvalue weighted by atomic mass is 32.1. The van der Waals surface area contributed by atoms with E-state index in [0.29, 0.717) is 28.3 Å². The lowest BCUT2D eigenvalue weighted by molar-refractivity contribution is -0.119. The number of carbonyl (C=O) groups excluding carboxylic acids is 3. The summed E-state index contributed by atoms with van der Waals surface area (Å²) in [6.45, 7) is 4.66. The second-order valence-corrected chi connectivity index (χ2v) is 11.9. The van der Waals surface area contributed by atoms with Gasteiger partial charge in [-0.3, -0.25) is 14.4 Å². The molecule has 3 amide bonds. The first-order valence-corrected chi connectivity index (χ1v) is 15.1. The third-order valence-corrected chi connectivity index (χ3v) is 8.69. The van der Waals surface area contributed by atoms with Crippen LogP contribution in [0.1, 0.15) is 70.9 Å². The van der Waals surface area contributed by atoms with Gasteiger partial charge >= 0.3 is 0 Å². The van der Waals surface area contributed by atoms with Crippen LogP contribution in [0.4, 0.5) is 10.1 Å². The van der Waals surface area contributed by atoms with Crippen LogP contribution in [0.5, 0.6) is 0 Å². The van der Waals surface area contributed by atoms with Gasteiger partial charge in [-0.25, -0.2) is 4.39 Å². The van der Waals surface area contributed by atoms with Gasteiger partial charge in [-0.15, -0.1) is 11.3 Å². The summed E-state index contributed by atoms with van der Waals surface area (Å²) in [5.41, 5.74) is 8.13. The molecule has 1 aliphatic heterocycles. The SMILES string of the molecule is CCC[C@H]1CCCN1C(=O)c1ccc(C(=O)N[C@@H](Cc2ccccc2)[C@@H](N)C[C@@H](C)C(=O)Nc2ccc(F)cc2)s1. The number of carbonyl (C=O) groups is 3. The molecule has 0 saturated carbocycles. The summed E-state index contributed by atoms with van der Waals surface area (Å²) in [4.78, 5) is 42.3. The second-order valence-electron chi connectivity index (χ2n) is 10.8. The van der Waals surface area contributed by atoms with Crippen molar-refractivity contribution in [1.82, 2.24) is 10.2 Å². The minimum absolute atomic E-state index is 0.0106. The molecule has 7 nitrogen and oxygen atoms in total. The summed E-state index contributed by atoms with van der Waals surface area (Å²) < 4.78 is 13.2. The topological polar surface area (TPSA) is 105 Å². The van der Waals surface area contributed by atoms with Crippen molar-refractivity contribution in [2.75, 3.05) is 11.9 Å². The largest absolute Gasteiger partial charge is 0.347 e. The van der Waals surface area contributed by atoms with E-state index in [1.807, 2.05) is 35.2 Å². The van der Waals surface area contributed by atoms with Crippen LogP contribution in [0.15, 0.2) is 66.7 Å². The molecule has 4 atom stereocenters. The Balaban J connectivity index is 1.43. The number of amides is 3. The van der Waals surface area contributed by atoms with Gasteiger partial charge in [0.25, 0.3) is 11.8 Å². The van der Waals surface area contributed by atoms with E-state index in [2.05, 4.69) is 17.6 Å². The molecule has 2 aromatic carbocycles. The van der Waals surface area contributed by atoms with Crippen LogP contribution in [0.25, 0.3) is 0 Å². The highest BCUT2D eigenvalue weighted by Crippen LogP contribution is 2.27. The summed E-state index contributed by atoms with van der Waals surface area (Å²) >= 11 is 1.20. The monoisotopic (exact) mass is 578 g/mol. The molecule has 218 valence electrons. The Morgan fingerprint density at radius 2 is 1.76 bits per heavy atom. The Kier molecular flexibility index (Phi) is 10.7. The first-order chi connectivity index (χ1) is 19.7. The van der Waals surface area contributed by atoms with E-state index < -0.39 is 18.0 Å². The molecule has 0 spiro atoms. The van der Waals surface area contributed by atoms with Gasteiger partial charge in [0, 0.05) is 36.3 Å². The number of rotatable bonds is 12. The Hall–Kier alpha value is -3.56. The predicted octanol–water partition coefficient (Wildman–Crippen LogP) is 5.63. The number of hydrogen-bond donors (Lipinski definition) is 3. The fraction of sp³-hybridized carbons (Fsp3) is 0.406. The molecular weight excluding hydrogens is 539 g/mol. The molecule has 1 aromatic heterocycles. The van der Waals surface area contributed by atoms with E-state index in [9.17, 15) is 18.8 Å². The molecule has 4 N–H and O–H groups in total. The Labute approximate surface area is 245 Å². The fourth-order valence-corrected chi connectivity index (χ4v) is 6.21. The average Bonchev–Trinajstić information content (AvgIpc) is 3.65. The van der Waals surface area contributed by atoms with Crippen LogP contribution in [0.3, 0.4) is 0 Å². The van der Waals surface area contributed by atoms with Crippen LogP contribution >= 0.6 is 11.3 Å². The van der Waals surface area contributed by atoms with Gasteiger partial charge < -0.3 is 21.3 Å². The zero-order valence-electron chi connectivity index (χ0n) is 23.6. The Morgan fingerprint density at radius 3 is 2.46 bits per heavy atom. The van der Waals surface area contributed by atoms with Crippen molar-refractivity contribution in [2.24, 2.45) is 11.7 Å². The molecule has 3 aromatic rings. The third kappa shape index (κ3) is 8.24. The van der Waals surface area contributed by atoms with Gasteiger partial charge in [0.1, 0.15) is 5.82 Å². The highest BCUT2D eigenvalue weighted by Gasteiger charge is 2.30. The van der Waals surface area contributed by atoms with E-state index in [4.69, 9.17) is 5.73 Å². The number of benzene rings is 2. The Bertz CT molecular complexity index is 1310. The number of thiophene rings is 1. The number of anilines is 1. The fourth-order valence-electron chi connectivity index (χ4n) is 5.35. The smallest absolute Gasteiger partial charge is 0.264 e. The molecule has 4 rings (SSSR count). The van der Waals surface area contributed by atoms with Crippen molar-refractivity contribution in [3.63, 3.8) is 0 Å². The first-order valence-electron chi connectivity index (χ1n) is 14.3. The summed E-state index contributed by atoms with van der Waals surface area (Å²) in [5, 5.41) is 5.87. The van der Waals surface area contributed by atoms with E-state index in [-0.39, 0.29) is 29.6 Å². The maximum atomic E-state index is 13.4. The van der Waals surface area contributed by atoms with Crippen LogP contribution in [-0.4, -0.2) is 47.3 Å². The molecule has 0 aliphatic carbocycles. The average molecular weight is 579 g/mol. The minimum atomic E-state index is -0.520. The van der Waals surface area contributed by atoms with E-state index in [0.717, 1.165) is 37.8 Å². The minimum Gasteiger partial charge on any atom is -0.347 e. The summed E-state index contributed by atoms with van der Waals surface area (Å²) in [6, 6.07) is 18.1. The van der Waals surface area contributed by atoms with Crippen molar-refractivity contribution in [3.8, 4) is 0 Å². The molecule has 0 bridgehead atoms. The van der Waals surface area contributed by atoms with Gasteiger partial charge in [-0.05, 0) is 74.1 Å². The van der Waals surface area contributed by atoms with Crippen molar-refractivity contribution in [2.45, 2.75) is 70.5 Å². The number of hydrogen-bond acceptors (Lipinski definition) is 5. The van der Waals surface area contributed by atoms with Crippen LogP contribution < -0.4 is 16.4 Å². The summed E-state index contributed by atoms with van der Waals surface area (Å²) in [7, 11) is 0. The van der Waals surface area contributed by atoms with E-state index in [1.54, 1.807) is 19.1 Å². The molecule has 0 radical (unpaired) electrons. The zero-order chi connectivity index (χ0) is 29.4. The number of halogens is 1. The number of nitrogens with zero attached hydrogens (tertiary/aromatic N) is 1. The third-order valence-electron chi connectivity index (χ3n) is 7.62. The quantitative estimate of drug-likeness (QED) is 0.259. The van der Waals surface area contributed by atoms with E-state index in [1.165, 1.54) is 35.6 Å². The van der Waals surface area contributed by atoms with Crippen LogP contribution in [0, 0.1) is 11.7 Å². The number of nitrogens with one attached hydrogen (secondary N) is 2. The normalized spacial score (nSPS) is 17.1. The number of likely N-dealkylation sites (tertiary alicyclic amines) is 1. The lowest BCUT2D eigenvalue weighted by Crippen LogP contribution is -2.50. The van der Waals surface area contributed by atoms with Crippen molar-refractivity contribution in [1.29, 1.82) is 0 Å². The summed E-state index contributed by atoms with van der Waals surface area (Å²) in [6.07, 6.45) is 4.87. The first kappa shape index (κ1) is 30.4. The summed E-state index contributed by atoms with van der Waals surface area (Å²) in [5.74, 6) is -1.37. The van der Waals surface area contributed by atoms with Gasteiger partial charge in [-0.1, -0.05) is 50.6 Å². The van der Waals surface area contributed by atoms with Crippen LogP contribution in [0.2, 0.25) is 0 Å². The predicted molar refractivity (Wildman–Crippen MR) is 161 cm³/mol. The molecule has 0 unspecified atom stereocenters. The molecule has 9 heteroatoms. The Morgan fingerprint density at radius 1 is 1.05 bits per heavy atom. The molecule has 41 heavy (non-hydrogen) atoms. The van der Waals surface area contributed by atoms with Crippen molar-refractivity contribution >= 4 is 34.7 Å². The van der Waals surface area contributed by atoms with Crippen molar-refractivity contribution < 1.29 is 18.8 Å². The van der Waals surface area contributed by atoms with Gasteiger partial charge in [0.05, 0.1) is 9.75 Å². The van der Waals surface area contributed by atoms with Gasteiger partial charge in [0.15, 0.2) is 0 Å².